The summed E-state index contributed by atoms with van der Waals surface area (Å²) in [6.45, 7) is 5.64. The highest BCUT2D eigenvalue weighted by atomic mass is 16.5. The van der Waals surface area contributed by atoms with E-state index in [1.54, 1.807) is 20.1 Å². The first-order valence-corrected chi connectivity index (χ1v) is 5.72. The molecule has 0 atom stereocenters. The Hall–Kier alpha value is -1.85. The standard InChI is InChI=1S/C12H19N3O3/c1-8-13-9(7-10(14-8)18-4)15-12(2,3)6-5-11(16)17/h7H,5-6H2,1-4H3,(H,16,17)(H,13,14,15). The fraction of sp³-hybridized carbons (Fsp3) is 0.583. The summed E-state index contributed by atoms with van der Waals surface area (Å²) < 4.78 is 5.06. The number of hydrogen-bond donors (Lipinski definition) is 2. The van der Waals surface area contributed by atoms with Gasteiger partial charge in [0.2, 0.25) is 5.88 Å². The van der Waals surface area contributed by atoms with Crippen LogP contribution in [0.3, 0.4) is 0 Å². The largest absolute Gasteiger partial charge is 0.481 e. The molecule has 2 N–H and O–H groups in total. The number of carboxylic acids is 1. The molecule has 1 rings (SSSR count). The number of aryl methyl sites for hydroxylation is 1. The monoisotopic (exact) mass is 253 g/mol. The van der Waals surface area contributed by atoms with Gasteiger partial charge in [0.15, 0.2) is 0 Å². The number of nitrogens with zero attached hydrogens (tertiary/aromatic N) is 2. The van der Waals surface area contributed by atoms with E-state index in [-0.39, 0.29) is 12.0 Å². The van der Waals surface area contributed by atoms with Crippen LogP contribution in [0.5, 0.6) is 5.88 Å². The van der Waals surface area contributed by atoms with E-state index >= 15 is 0 Å². The Kier molecular flexibility index (Phi) is 4.47. The molecule has 0 saturated heterocycles. The maximum Gasteiger partial charge on any atom is 0.303 e. The van der Waals surface area contributed by atoms with E-state index in [4.69, 9.17) is 9.84 Å². The maximum absolute atomic E-state index is 10.6. The van der Waals surface area contributed by atoms with Crippen molar-refractivity contribution in [2.24, 2.45) is 0 Å². The Bertz CT molecular complexity index is 433. The van der Waals surface area contributed by atoms with Gasteiger partial charge in [0.25, 0.3) is 0 Å². The predicted molar refractivity (Wildman–Crippen MR) is 67.9 cm³/mol. The first-order valence-electron chi connectivity index (χ1n) is 5.72. The minimum Gasteiger partial charge on any atom is -0.481 e. The lowest BCUT2D eigenvalue weighted by Gasteiger charge is -2.26. The van der Waals surface area contributed by atoms with Crippen LogP contribution in [0.2, 0.25) is 0 Å². The van der Waals surface area contributed by atoms with Gasteiger partial charge in [0, 0.05) is 18.0 Å². The summed E-state index contributed by atoms with van der Waals surface area (Å²) in [4.78, 5) is 18.9. The quantitative estimate of drug-likeness (QED) is 0.804. The van der Waals surface area contributed by atoms with Gasteiger partial charge in [-0.1, -0.05) is 0 Å². The highest BCUT2D eigenvalue weighted by Crippen LogP contribution is 2.20. The molecule has 0 aliphatic carbocycles. The molecule has 6 nitrogen and oxygen atoms in total. The van der Waals surface area contributed by atoms with Crippen molar-refractivity contribution in [3.8, 4) is 5.88 Å². The molecule has 0 saturated carbocycles. The van der Waals surface area contributed by atoms with E-state index in [1.807, 2.05) is 13.8 Å². The van der Waals surface area contributed by atoms with Gasteiger partial charge in [-0.2, -0.15) is 4.98 Å². The lowest BCUT2D eigenvalue weighted by molar-refractivity contribution is -0.137. The molecule has 1 heterocycles. The number of aliphatic carboxylic acids is 1. The number of ether oxygens (including phenoxy) is 1. The fourth-order valence-corrected chi connectivity index (χ4v) is 1.54. The second-order valence-corrected chi connectivity index (χ2v) is 4.75. The third-order valence-electron chi connectivity index (χ3n) is 2.45. The van der Waals surface area contributed by atoms with Gasteiger partial charge in [-0.3, -0.25) is 4.79 Å². The first-order chi connectivity index (χ1) is 8.32. The van der Waals surface area contributed by atoms with Gasteiger partial charge in [0.05, 0.1) is 7.11 Å². The summed E-state index contributed by atoms with van der Waals surface area (Å²) in [6.07, 6.45) is 0.620. The molecule has 100 valence electrons. The Morgan fingerprint density at radius 2 is 2.17 bits per heavy atom. The molecule has 0 unspecified atom stereocenters. The molecule has 0 fully saturated rings. The molecule has 1 aromatic rings. The van der Waals surface area contributed by atoms with Gasteiger partial charge in [-0.15, -0.1) is 0 Å². The molecule has 0 aromatic carbocycles. The summed E-state index contributed by atoms with van der Waals surface area (Å²) in [5.41, 5.74) is -0.357. The summed E-state index contributed by atoms with van der Waals surface area (Å²) in [5, 5.41) is 11.9. The summed E-state index contributed by atoms with van der Waals surface area (Å²) in [5.74, 6) is 0.918. The number of nitrogens with one attached hydrogen (secondary N) is 1. The Balaban J connectivity index is 2.76. The van der Waals surface area contributed by atoms with Gasteiger partial charge in [0.1, 0.15) is 11.6 Å². The highest BCUT2D eigenvalue weighted by Gasteiger charge is 2.20. The second-order valence-electron chi connectivity index (χ2n) is 4.75. The normalized spacial score (nSPS) is 11.1. The molecule has 0 spiro atoms. The van der Waals surface area contributed by atoms with Crippen molar-refractivity contribution < 1.29 is 14.6 Å². The number of hydrogen-bond acceptors (Lipinski definition) is 5. The third kappa shape index (κ3) is 4.57. The Morgan fingerprint density at radius 3 is 2.72 bits per heavy atom. The van der Waals surface area contributed by atoms with Crippen LogP contribution in [0.1, 0.15) is 32.5 Å². The topological polar surface area (TPSA) is 84.3 Å². The number of rotatable bonds is 6. The Morgan fingerprint density at radius 1 is 1.50 bits per heavy atom. The molecule has 0 aliphatic heterocycles. The zero-order valence-electron chi connectivity index (χ0n) is 11.1. The molecule has 18 heavy (non-hydrogen) atoms. The van der Waals surface area contributed by atoms with Crippen molar-refractivity contribution in [2.75, 3.05) is 12.4 Å². The summed E-state index contributed by atoms with van der Waals surface area (Å²) in [7, 11) is 1.54. The predicted octanol–water partition coefficient (Wildman–Crippen LogP) is 1.85. The number of anilines is 1. The SMILES string of the molecule is COc1cc(NC(C)(C)CCC(=O)O)nc(C)n1. The van der Waals surface area contributed by atoms with Crippen molar-refractivity contribution in [1.82, 2.24) is 9.97 Å². The van der Waals surface area contributed by atoms with Crippen LogP contribution in [0.15, 0.2) is 6.07 Å². The van der Waals surface area contributed by atoms with Gasteiger partial charge < -0.3 is 15.2 Å². The van der Waals surface area contributed by atoms with Crippen LogP contribution < -0.4 is 10.1 Å². The fourth-order valence-electron chi connectivity index (χ4n) is 1.54. The molecule has 0 radical (unpaired) electrons. The van der Waals surface area contributed by atoms with Crippen molar-refractivity contribution >= 4 is 11.8 Å². The molecule has 0 aliphatic rings. The smallest absolute Gasteiger partial charge is 0.303 e. The third-order valence-corrected chi connectivity index (χ3v) is 2.45. The van der Waals surface area contributed by atoms with Crippen molar-refractivity contribution in [3.63, 3.8) is 0 Å². The molecular formula is C12H19N3O3. The van der Waals surface area contributed by atoms with Crippen LogP contribution in [-0.4, -0.2) is 33.7 Å². The minimum absolute atomic E-state index is 0.112. The van der Waals surface area contributed by atoms with E-state index in [9.17, 15) is 4.79 Å². The number of aromatic nitrogens is 2. The zero-order valence-corrected chi connectivity index (χ0v) is 11.1. The summed E-state index contributed by atoms with van der Waals surface area (Å²) >= 11 is 0. The average Bonchev–Trinajstić information content (AvgIpc) is 2.25. The molecule has 6 heteroatoms. The lowest BCUT2D eigenvalue weighted by Crippen LogP contribution is -2.32. The zero-order chi connectivity index (χ0) is 13.8. The van der Waals surface area contributed by atoms with E-state index < -0.39 is 5.97 Å². The van der Waals surface area contributed by atoms with E-state index in [1.165, 1.54) is 0 Å². The number of carbonyl (C=O) groups is 1. The Labute approximate surface area is 106 Å². The number of carboxylic acid groups (broad SMARTS) is 1. The minimum atomic E-state index is -0.804. The van der Waals surface area contributed by atoms with E-state index in [2.05, 4.69) is 15.3 Å². The van der Waals surface area contributed by atoms with Crippen molar-refractivity contribution in [3.05, 3.63) is 11.9 Å². The maximum atomic E-state index is 10.6. The molecule has 1 aromatic heterocycles. The molecule has 0 bridgehead atoms. The van der Waals surface area contributed by atoms with E-state index in [0.717, 1.165) is 0 Å². The molecular weight excluding hydrogens is 234 g/mol. The van der Waals surface area contributed by atoms with Crippen molar-refractivity contribution in [2.45, 2.75) is 39.2 Å². The van der Waals surface area contributed by atoms with Crippen LogP contribution in [0.25, 0.3) is 0 Å². The van der Waals surface area contributed by atoms with Gasteiger partial charge >= 0.3 is 5.97 Å². The average molecular weight is 253 g/mol. The van der Waals surface area contributed by atoms with Gasteiger partial charge in [-0.25, -0.2) is 4.98 Å². The van der Waals surface area contributed by atoms with Crippen LogP contribution in [0, 0.1) is 6.92 Å². The highest BCUT2D eigenvalue weighted by molar-refractivity contribution is 5.66. The van der Waals surface area contributed by atoms with Crippen LogP contribution in [0.4, 0.5) is 5.82 Å². The van der Waals surface area contributed by atoms with Gasteiger partial charge in [-0.05, 0) is 27.2 Å². The van der Waals surface area contributed by atoms with Crippen LogP contribution in [-0.2, 0) is 4.79 Å². The molecule has 0 amide bonds. The lowest BCUT2D eigenvalue weighted by atomic mass is 9.98. The van der Waals surface area contributed by atoms with E-state index in [0.29, 0.717) is 23.9 Å². The van der Waals surface area contributed by atoms with Crippen LogP contribution >= 0.6 is 0 Å². The summed E-state index contributed by atoms with van der Waals surface area (Å²) in [6, 6.07) is 1.69. The second kappa shape index (κ2) is 5.66. The van der Waals surface area contributed by atoms with Crippen molar-refractivity contribution in [1.29, 1.82) is 0 Å². The first kappa shape index (κ1) is 14.2. The number of methoxy groups -OCH3 is 1.